The van der Waals surface area contributed by atoms with Gasteiger partial charge in [0, 0.05) is 26.2 Å². The maximum atomic E-state index is 12.6. The molecule has 2 heterocycles. The van der Waals surface area contributed by atoms with Gasteiger partial charge in [-0.15, -0.1) is 24.8 Å². The highest BCUT2D eigenvalue weighted by molar-refractivity contribution is 5.85. The molecule has 1 atom stereocenters. The normalized spacial score (nSPS) is 18.3. The van der Waals surface area contributed by atoms with Crippen molar-refractivity contribution in [2.75, 3.05) is 26.2 Å². The highest BCUT2D eigenvalue weighted by Crippen LogP contribution is 2.34. The van der Waals surface area contributed by atoms with Crippen LogP contribution in [0.2, 0.25) is 0 Å². The molecular weight excluding hydrogens is 304 g/mol. The summed E-state index contributed by atoms with van der Waals surface area (Å²) in [6, 6.07) is 2.53. The molecule has 19 heavy (non-hydrogen) atoms. The molecule has 0 bridgehead atoms. The predicted molar refractivity (Wildman–Crippen MR) is 71.1 cm³/mol. The van der Waals surface area contributed by atoms with E-state index in [2.05, 4.69) is 5.32 Å². The van der Waals surface area contributed by atoms with Crippen LogP contribution < -0.4 is 5.32 Å². The van der Waals surface area contributed by atoms with Crippen LogP contribution in [-0.4, -0.2) is 37.3 Å². The third-order valence-corrected chi connectivity index (χ3v) is 2.89. The number of alkyl halides is 3. The van der Waals surface area contributed by atoms with Crippen LogP contribution in [0.1, 0.15) is 18.2 Å². The Hall–Kier alpha value is -0.430. The largest absolute Gasteiger partial charge is 0.468 e. The molecule has 0 saturated carbocycles. The van der Waals surface area contributed by atoms with Gasteiger partial charge in [0.05, 0.1) is 18.7 Å². The van der Waals surface area contributed by atoms with Gasteiger partial charge in [-0.25, -0.2) is 0 Å². The maximum Gasteiger partial charge on any atom is 0.391 e. The van der Waals surface area contributed by atoms with Gasteiger partial charge in [-0.1, -0.05) is 0 Å². The van der Waals surface area contributed by atoms with Crippen molar-refractivity contribution in [2.45, 2.75) is 18.6 Å². The fourth-order valence-corrected chi connectivity index (χ4v) is 2.10. The Morgan fingerprint density at radius 1 is 1.26 bits per heavy atom. The number of nitrogens with zero attached hydrogens (tertiary/aromatic N) is 1. The van der Waals surface area contributed by atoms with Crippen molar-refractivity contribution < 1.29 is 17.6 Å². The first kappa shape index (κ1) is 18.6. The van der Waals surface area contributed by atoms with E-state index in [4.69, 9.17) is 4.42 Å². The summed E-state index contributed by atoms with van der Waals surface area (Å²) < 4.78 is 42.8. The van der Waals surface area contributed by atoms with Crippen LogP contribution >= 0.6 is 24.8 Å². The Morgan fingerprint density at radius 2 is 1.89 bits per heavy atom. The highest BCUT2D eigenvalue weighted by Gasteiger charge is 2.37. The Bertz CT molecular complexity index is 340. The Balaban J connectivity index is 0.00000162. The van der Waals surface area contributed by atoms with Crippen LogP contribution in [0.5, 0.6) is 0 Å². The molecule has 0 amide bonds. The molecule has 1 aliphatic rings. The lowest BCUT2D eigenvalue weighted by molar-refractivity contribution is -0.150. The van der Waals surface area contributed by atoms with E-state index >= 15 is 0 Å². The van der Waals surface area contributed by atoms with Gasteiger partial charge in [-0.3, -0.25) is 4.90 Å². The number of rotatable bonds is 3. The molecule has 0 aromatic carbocycles. The van der Waals surface area contributed by atoms with E-state index in [0.717, 1.165) is 13.1 Å². The quantitative estimate of drug-likeness (QED) is 0.928. The summed E-state index contributed by atoms with van der Waals surface area (Å²) in [6.07, 6.45) is -3.62. The average molecular weight is 321 g/mol. The van der Waals surface area contributed by atoms with E-state index in [1.165, 1.54) is 6.26 Å². The van der Waals surface area contributed by atoms with E-state index in [0.29, 0.717) is 18.8 Å². The number of piperazine rings is 1. The van der Waals surface area contributed by atoms with Crippen LogP contribution in [0.3, 0.4) is 0 Å². The van der Waals surface area contributed by atoms with Crippen molar-refractivity contribution in [1.82, 2.24) is 10.2 Å². The van der Waals surface area contributed by atoms with Crippen molar-refractivity contribution in [1.29, 1.82) is 0 Å². The fraction of sp³-hybridized carbons (Fsp3) is 0.636. The van der Waals surface area contributed by atoms with Crippen molar-refractivity contribution in [3.63, 3.8) is 0 Å². The lowest BCUT2D eigenvalue weighted by Gasteiger charge is -2.34. The summed E-state index contributed by atoms with van der Waals surface area (Å²) >= 11 is 0. The third kappa shape index (κ3) is 5.60. The number of halogens is 5. The van der Waals surface area contributed by atoms with Crippen LogP contribution in [0.25, 0.3) is 0 Å². The maximum absolute atomic E-state index is 12.6. The van der Waals surface area contributed by atoms with E-state index in [1.54, 1.807) is 12.1 Å². The zero-order valence-electron chi connectivity index (χ0n) is 10.2. The molecule has 1 saturated heterocycles. The van der Waals surface area contributed by atoms with Gasteiger partial charge in [0.15, 0.2) is 0 Å². The monoisotopic (exact) mass is 320 g/mol. The van der Waals surface area contributed by atoms with Gasteiger partial charge in [0.1, 0.15) is 5.76 Å². The second kappa shape index (κ2) is 7.99. The summed E-state index contributed by atoms with van der Waals surface area (Å²) in [5.74, 6) is 0.393. The van der Waals surface area contributed by atoms with E-state index in [9.17, 15) is 13.2 Å². The third-order valence-electron chi connectivity index (χ3n) is 2.89. The van der Waals surface area contributed by atoms with Gasteiger partial charge in [0.2, 0.25) is 0 Å². The average Bonchev–Trinajstić information content (AvgIpc) is 2.79. The molecule has 2 rings (SSSR count). The molecule has 112 valence electrons. The van der Waals surface area contributed by atoms with Gasteiger partial charge < -0.3 is 9.73 Å². The van der Waals surface area contributed by atoms with E-state index < -0.39 is 18.6 Å². The minimum absolute atomic E-state index is 0. The molecule has 1 aromatic heterocycles. The van der Waals surface area contributed by atoms with E-state index in [1.807, 2.05) is 4.90 Å². The lowest BCUT2D eigenvalue weighted by atomic mass is 10.1. The Labute approximate surface area is 122 Å². The SMILES string of the molecule is Cl.Cl.FC(F)(F)C[C@H](c1ccco1)N1CCNCC1. The van der Waals surface area contributed by atoms with Crippen LogP contribution in [-0.2, 0) is 0 Å². The Morgan fingerprint density at radius 3 is 2.37 bits per heavy atom. The molecule has 0 aliphatic carbocycles. The molecule has 1 aliphatic heterocycles. The zero-order valence-corrected chi connectivity index (χ0v) is 11.8. The van der Waals surface area contributed by atoms with Crippen molar-refractivity contribution >= 4 is 24.8 Å². The number of hydrogen-bond acceptors (Lipinski definition) is 3. The fourth-order valence-electron chi connectivity index (χ4n) is 2.10. The minimum Gasteiger partial charge on any atom is -0.468 e. The molecular formula is C11H17Cl2F3N2O. The highest BCUT2D eigenvalue weighted by atomic mass is 35.5. The second-order valence-corrected chi connectivity index (χ2v) is 4.14. The van der Waals surface area contributed by atoms with Crippen LogP contribution in [0, 0.1) is 0 Å². The molecule has 1 fully saturated rings. The lowest BCUT2D eigenvalue weighted by Crippen LogP contribution is -2.46. The number of nitrogens with one attached hydrogen (secondary N) is 1. The molecule has 0 spiro atoms. The van der Waals surface area contributed by atoms with Gasteiger partial charge in [0.25, 0.3) is 0 Å². The predicted octanol–water partition coefficient (Wildman–Crippen LogP) is 3.02. The van der Waals surface area contributed by atoms with Gasteiger partial charge >= 0.3 is 6.18 Å². The van der Waals surface area contributed by atoms with Crippen molar-refractivity contribution in [2.24, 2.45) is 0 Å². The summed E-state index contributed by atoms with van der Waals surface area (Å²) in [5.41, 5.74) is 0. The number of hydrogen-bond donors (Lipinski definition) is 1. The smallest absolute Gasteiger partial charge is 0.391 e. The summed E-state index contributed by atoms with van der Waals surface area (Å²) in [7, 11) is 0. The zero-order chi connectivity index (χ0) is 12.3. The van der Waals surface area contributed by atoms with Crippen molar-refractivity contribution in [3.05, 3.63) is 24.2 Å². The van der Waals surface area contributed by atoms with Gasteiger partial charge in [-0.05, 0) is 12.1 Å². The van der Waals surface area contributed by atoms with E-state index in [-0.39, 0.29) is 24.8 Å². The van der Waals surface area contributed by atoms with Gasteiger partial charge in [-0.2, -0.15) is 13.2 Å². The molecule has 8 heteroatoms. The minimum atomic E-state index is -4.18. The number of furan rings is 1. The first-order valence-corrected chi connectivity index (χ1v) is 5.61. The summed E-state index contributed by atoms with van der Waals surface area (Å²) in [6.45, 7) is 2.66. The molecule has 0 radical (unpaired) electrons. The first-order valence-electron chi connectivity index (χ1n) is 5.61. The molecule has 1 aromatic rings. The Kier molecular flexibility index (Phi) is 7.81. The van der Waals surface area contributed by atoms with Crippen molar-refractivity contribution in [3.8, 4) is 0 Å². The molecule has 1 N–H and O–H groups in total. The van der Waals surface area contributed by atoms with Crippen LogP contribution in [0.15, 0.2) is 22.8 Å². The summed E-state index contributed by atoms with van der Waals surface area (Å²) in [4.78, 5) is 1.82. The molecule has 3 nitrogen and oxygen atoms in total. The summed E-state index contributed by atoms with van der Waals surface area (Å²) in [5, 5.41) is 3.12. The second-order valence-electron chi connectivity index (χ2n) is 4.14. The standard InChI is InChI=1S/C11H15F3N2O.2ClH/c12-11(13,14)8-9(10-2-1-7-17-10)16-5-3-15-4-6-16;;/h1-2,7,9,15H,3-6,8H2;2*1H/t9-;;/m1../s1. The van der Waals surface area contributed by atoms with Crippen LogP contribution in [0.4, 0.5) is 13.2 Å². The topological polar surface area (TPSA) is 28.4 Å². The first-order chi connectivity index (χ1) is 8.06. The molecule has 0 unspecified atom stereocenters.